The van der Waals surface area contributed by atoms with Crippen LogP contribution < -0.4 is 0 Å². The van der Waals surface area contributed by atoms with Crippen LogP contribution in [0.4, 0.5) is 0 Å². The van der Waals surface area contributed by atoms with Crippen LogP contribution in [0.2, 0.25) is 0 Å². The van der Waals surface area contributed by atoms with E-state index < -0.39 is 0 Å². The summed E-state index contributed by atoms with van der Waals surface area (Å²) in [6, 6.07) is 29.1. The molecule has 2 heterocycles. The quantitative estimate of drug-likeness (QED) is 0.280. The molecule has 0 saturated carbocycles. The molecule has 0 aliphatic carbocycles. The lowest BCUT2D eigenvalue weighted by Crippen LogP contribution is -2.01. The monoisotopic (exact) mass is 406 g/mol. The van der Waals surface area contributed by atoms with E-state index in [4.69, 9.17) is 10.1 Å². The van der Waals surface area contributed by atoms with Crippen LogP contribution in [0, 0.1) is 0 Å². The fraction of sp³-hybridized carbons (Fsp3) is 0.185. The van der Waals surface area contributed by atoms with Crippen molar-refractivity contribution in [3.63, 3.8) is 0 Å². The van der Waals surface area contributed by atoms with Gasteiger partial charge in [0, 0.05) is 18.3 Å². The van der Waals surface area contributed by atoms with Crippen molar-refractivity contribution in [2.75, 3.05) is 0 Å². The van der Waals surface area contributed by atoms with E-state index in [-0.39, 0.29) is 0 Å². The van der Waals surface area contributed by atoms with Gasteiger partial charge in [0.05, 0.1) is 22.3 Å². The SMILES string of the molecule is CCCCCn1c(-c2cn(-c3ccccc3)nc2-c2ccccc2)nc2ccccc21. The van der Waals surface area contributed by atoms with Gasteiger partial charge in [-0.2, -0.15) is 5.10 Å². The van der Waals surface area contributed by atoms with Crippen LogP contribution in [0.25, 0.3) is 39.4 Å². The van der Waals surface area contributed by atoms with Gasteiger partial charge in [-0.25, -0.2) is 9.67 Å². The van der Waals surface area contributed by atoms with Gasteiger partial charge in [-0.05, 0) is 30.7 Å². The fourth-order valence-corrected chi connectivity index (χ4v) is 4.09. The number of aryl methyl sites for hydroxylation is 1. The summed E-state index contributed by atoms with van der Waals surface area (Å²) in [6.45, 7) is 3.19. The molecule has 0 saturated heterocycles. The normalized spacial score (nSPS) is 11.3. The zero-order valence-electron chi connectivity index (χ0n) is 17.8. The van der Waals surface area contributed by atoms with Crippen molar-refractivity contribution < 1.29 is 0 Å². The zero-order chi connectivity index (χ0) is 21.0. The molecular formula is C27H26N4. The third-order valence-corrected chi connectivity index (χ3v) is 5.66. The van der Waals surface area contributed by atoms with Gasteiger partial charge in [-0.3, -0.25) is 0 Å². The Bertz CT molecular complexity index is 1280. The lowest BCUT2D eigenvalue weighted by molar-refractivity contribution is 0.617. The second-order valence-electron chi connectivity index (χ2n) is 7.82. The van der Waals surface area contributed by atoms with Gasteiger partial charge in [0.25, 0.3) is 0 Å². The second kappa shape index (κ2) is 8.60. The summed E-state index contributed by atoms with van der Waals surface area (Å²) in [6.07, 6.45) is 5.66. The molecule has 0 N–H and O–H groups in total. The van der Waals surface area contributed by atoms with Gasteiger partial charge in [0.2, 0.25) is 0 Å². The van der Waals surface area contributed by atoms with Crippen LogP contribution in [-0.4, -0.2) is 19.3 Å². The Labute approximate surface area is 182 Å². The van der Waals surface area contributed by atoms with Crippen LogP contribution in [-0.2, 0) is 6.54 Å². The average Bonchev–Trinajstić information content (AvgIpc) is 3.43. The molecule has 2 aromatic heterocycles. The molecule has 0 unspecified atom stereocenters. The van der Waals surface area contributed by atoms with Gasteiger partial charge >= 0.3 is 0 Å². The molecule has 4 heteroatoms. The Morgan fingerprint density at radius 3 is 2.26 bits per heavy atom. The largest absolute Gasteiger partial charge is 0.324 e. The van der Waals surface area contributed by atoms with Gasteiger partial charge in [-0.1, -0.05) is 80.4 Å². The summed E-state index contributed by atoms with van der Waals surface area (Å²) in [5.41, 5.74) is 6.36. The van der Waals surface area contributed by atoms with Gasteiger partial charge < -0.3 is 4.57 Å². The first-order valence-corrected chi connectivity index (χ1v) is 11.0. The Morgan fingerprint density at radius 1 is 0.774 bits per heavy atom. The molecule has 0 aliphatic heterocycles. The first kappa shape index (κ1) is 19.3. The highest BCUT2D eigenvalue weighted by molar-refractivity contribution is 5.85. The average molecular weight is 407 g/mol. The smallest absolute Gasteiger partial charge is 0.144 e. The van der Waals surface area contributed by atoms with Crippen molar-refractivity contribution in [1.29, 1.82) is 0 Å². The third kappa shape index (κ3) is 3.77. The number of rotatable bonds is 7. The Morgan fingerprint density at radius 2 is 1.48 bits per heavy atom. The number of fused-ring (bicyclic) bond motifs is 1. The number of benzene rings is 3. The summed E-state index contributed by atoms with van der Waals surface area (Å²) >= 11 is 0. The fourth-order valence-electron chi connectivity index (χ4n) is 4.09. The molecular weight excluding hydrogens is 380 g/mol. The molecule has 31 heavy (non-hydrogen) atoms. The van der Waals surface area contributed by atoms with Crippen LogP contribution in [0.15, 0.2) is 91.1 Å². The number of para-hydroxylation sites is 3. The molecule has 0 fully saturated rings. The number of hydrogen-bond donors (Lipinski definition) is 0. The lowest BCUT2D eigenvalue weighted by atomic mass is 10.1. The molecule has 0 spiro atoms. The minimum Gasteiger partial charge on any atom is -0.324 e. The van der Waals surface area contributed by atoms with Crippen molar-refractivity contribution in [3.8, 4) is 28.3 Å². The summed E-state index contributed by atoms with van der Waals surface area (Å²) in [5.74, 6) is 0.985. The van der Waals surface area contributed by atoms with Crippen molar-refractivity contribution in [2.45, 2.75) is 32.7 Å². The molecule has 0 radical (unpaired) electrons. The van der Waals surface area contributed by atoms with E-state index in [9.17, 15) is 0 Å². The van der Waals surface area contributed by atoms with Gasteiger partial charge in [0.1, 0.15) is 11.5 Å². The van der Waals surface area contributed by atoms with Crippen molar-refractivity contribution >= 4 is 11.0 Å². The molecule has 154 valence electrons. The number of unbranched alkanes of at least 4 members (excludes halogenated alkanes) is 2. The first-order chi connectivity index (χ1) is 15.3. The Hall–Kier alpha value is -3.66. The van der Waals surface area contributed by atoms with Crippen LogP contribution >= 0.6 is 0 Å². The lowest BCUT2D eigenvalue weighted by Gasteiger charge is -2.09. The highest BCUT2D eigenvalue weighted by atomic mass is 15.3. The van der Waals surface area contributed by atoms with Crippen molar-refractivity contribution in [1.82, 2.24) is 19.3 Å². The van der Waals surface area contributed by atoms with E-state index in [1.165, 1.54) is 18.4 Å². The summed E-state index contributed by atoms with van der Waals surface area (Å²) in [5, 5.41) is 5.00. The Balaban J connectivity index is 1.72. The predicted molar refractivity (Wildman–Crippen MR) is 127 cm³/mol. The first-order valence-electron chi connectivity index (χ1n) is 11.0. The van der Waals surface area contributed by atoms with E-state index in [2.05, 4.69) is 78.4 Å². The van der Waals surface area contributed by atoms with E-state index in [0.29, 0.717) is 0 Å². The maximum atomic E-state index is 5.06. The number of hydrogen-bond acceptors (Lipinski definition) is 2. The number of aromatic nitrogens is 4. The topological polar surface area (TPSA) is 35.6 Å². The minimum absolute atomic E-state index is 0.953. The number of imidazole rings is 1. The van der Waals surface area contributed by atoms with E-state index >= 15 is 0 Å². The molecule has 0 amide bonds. The molecule has 0 atom stereocenters. The predicted octanol–water partition coefficient (Wildman–Crippen LogP) is 6.75. The number of nitrogens with zero attached hydrogens (tertiary/aromatic N) is 4. The minimum atomic E-state index is 0.953. The van der Waals surface area contributed by atoms with Crippen LogP contribution in [0.5, 0.6) is 0 Å². The highest BCUT2D eigenvalue weighted by Gasteiger charge is 2.20. The summed E-state index contributed by atoms with van der Waals surface area (Å²) in [4.78, 5) is 5.06. The molecule has 5 rings (SSSR count). The van der Waals surface area contributed by atoms with Crippen LogP contribution in [0.1, 0.15) is 26.2 Å². The standard InChI is InChI=1S/C27H26N4/c1-2-3-12-19-30-25-18-11-10-17-24(25)28-27(30)23-20-31(22-15-8-5-9-16-22)29-26(23)21-13-6-4-7-14-21/h4-11,13-18,20H,2-3,12,19H2,1H3. The summed E-state index contributed by atoms with van der Waals surface area (Å²) in [7, 11) is 0. The Kier molecular flexibility index (Phi) is 5.36. The van der Waals surface area contributed by atoms with Crippen LogP contribution in [0.3, 0.4) is 0 Å². The van der Waals surface area contributed by atoms with Gasteiger partial charge in [0.15, 0.2) is 0 Å². The molecule has 5 aromatic rings. The molecule has 0 bridgehead atoms. The zero-order valence-corrected chi connectivity index (χ0v) is 17.8. The maximum absolute atomic E-state index is 5.06. The molecule has 4 nitrogen and oxygen atoms in total. The third-order valence-electron chi connectivity index (χ3n) is 5.66. The maximum Gasteiger partial charge on any atom is 0.144 e. The van der Waals surface area contributed by atoms with E-state index in [1.807, 2.05) is 28.9 Å². The van der Waals surface area contributed by atoms with Crippen molar-refractivity contribution in [2.24, 2.45) is 0 Å². The van der Waals surface area contributed by atoms with E-state index in [1.54, 1.807) is 0 Å². The molecule has 0 aliphatic rings. The van der Waals surface area contributed by atoms with Gasteiger partial charge in [-0.15, -0.1) is 0 Å². The highest BCUT2D eigenvalue weighted by Crippen LogP contribution is 2.34. The summed E-state index contributed by atoms with van der Waals surface area (Å²) < 4.78 is 4.33. The second-order valence-corrected chi connectivity index (χ2v) is 7.82. The molecule has 3 aromatic carbocycles. The van der Waals surface area contributed by atoms with Crippen molar-refractivity contribution in [3.05, 3.63) is 91.1 Å². The van der Waals surface area contributed by atoms with E-state index in [0.717, 1.165) is 46.8 Å².